The van der Waals surface area contributed by atoms with Gasteiger partial charge in [-0.2, -0.15) is 0 Å². The van der Waals surface area contributed by atoms with Crippen molar-refractivity contribution >= 4 is 11.8 Å². The number of carbonyl (C=O) groups excluding carboxylic acids is 2. The van der Waals surface area contributed by atoms with Crippen molar-refractivity contribution in [2.75, 3.05) is 0 Å². The molecule has 0 amide bonds. The highest BCUT2D eigenvalue weighted by Crippen LogP contribution is 2.59. The Bertz CT molecular complexity index is 485. The Hall–Kier alpha value is -0.940. The maximum absolute atomic E-state index is 12.5. The van der Waals surface area contributed by atoms with Crippen molar-refractivity contribution in [2.24, 2.45) is 17.3 Å². The minimum Gasteiger partial charge on any atom is -0.461 e. The molecule has 6 atom stereocenters. The Kier molecular flexibility index (Phi) is 2.68. The Morgan fingerprint density at radius 1 is 1.20 bits per heavy atom. The second-order valence-corrected chi connectivity index (χ2v) is 7.11. The van der Waals surface area contributed by atoms with Crippen LogP contribution < -0.4 is 0 Å². The summed E-state index contributed by atoms with van der Waals surface area (Å²) < 4.78 is 5.47. The number of ether oxygens (including phenoxy) is 1. The summed E-state index contributed by atoms with van der Waals surface area (Å²) in [6.45, 7) is 5.05. The second-order valence-electron chi connectivity index (χ2n) is 7.11. The number of aliphatic hydroxyl groups is 2. The summed E-state index contributed by atoms with van der Waals surface area (Å²) in [4.78, 5) is 24.3. The lowest BCUT2D eigenvalue weighted by Gasteiger charge is -2.47. The van der Waals surface area contributed by atoms with Gasteiger partial charge in [-0.05, 0) is 33.1 Å². The molecule has 0 bridgehead atoms. The Morgan fingerprint density at radius 2 is 1.85 bits per heavy atom. The molecular weight excluding hydrogens is 260 g/mol. The van der Waals surface area contributed by atoms with Gasteiger partial charge in [0.2, 0.25) is 0 Å². The number of fused-ring (bicyclic) bond motifs is 3. The first kappa shape index (κ1) is 14.0. The lowest BCUT2D eigenvalue weighted by molar-refractivity contribution is -0.210. The third-order valence-electron chi connectivity index (χ3n) is 6.22. The number of esters is 1. The molecule has 3 fully saturated rings. The lowest BCUT2D eigenvalue weighted by atomic mass is 9.63. The van der Waals surface area contributed by atoms with Gasteiger partial charge in [-0.25, -0.2) is 0 Å². The smallest absolute Gasteiger partial charge is 0.309 e. The van der Waals surface area contributed by atoms with Gasteiger partial charge in [-0.15, -0.1) is 0 Å². The Labute approximate surface area is 118 Å². The first-order valence-electron chi connectivity index (χ1n) is 7.34. The van der Waals surface area contributed by atoms with Crippen molar-refractivity contribution in [2.45, 2.75) is 63.8 Å². The SMILES string of the molecule is C[C@@H]1C(=O)O[C@@H]2[C@H]1CC[C@@](C)(O)[C@]1(O)CCC(=O)[C@@]21C. The molecule has 1 saturated heterocycles. The number of Topliss-reactive ketones (excluding diaryl/α,β-unsaturated/α-hetero) is 1. The fraction of sp³-hybridized carbons (Fsp3) is 0.867. The maximum Gasteiger partial charge on any atom is 0.309 e. The number of ketones is 1. The highest BCUT2D eigenvalue weighted by Gasteiger charge is 2.72. The second kappa shape index (κ2) is 3.83. The minimum atomic E-state index is -1.53. The molecule has 0 radical (unpaired) electrons. The summed E-state index contributed by atoms with van der Waals surface area (Å²) in [5.41, 5.74) is -4.08. The van der Waals surface area contributed by atoms with Crippen LogP contribution in [0.15, 0.2) is 0 Å². The summed E-state index contributed by atoms with van der Waals surface area (Å²) in [7, 11) is 0. The van der Waals surface area contributed by atoms with Gasteiger partial charge >= 0.3 is 5.97 Å². The van der Waals surface area contributed by atoms with E-state index in [2.05, 4.69) is 0 Å². The molecule has 1 aliphatic heterocycles. The van der Waals surface area contributed by atoms with E-state index in [0.717, 1.165) is 0 Å². The van der Waals surface area contributed by atoms with E-state index in [9.17, 15) is 19.8 Å². The van der Waals surface area contributed by atoms with E-state index in [1.165, 1.54) is 0 Å². The van der Waals surface area contributed by atoms with E-state index in [0.29, 0.717) is 12.8 Å². The average molecular weight is 282 g/mol. The van der Waals surface area contributed by atoms with Crippen molar-refractivity contribution in [3.8, 4) is 0 Å². The van der Waals surface area contributed by atoms with Gasteiger partial charge in [0.05, 0.1) is 16.9 Å². The predicted molar refractivity (Wildman–Crippen MR) is 69.7 cm³/mol. The number of rotatable bonds is 0. The van der Waals surface area contributed by atoms with Gasteiger partial charge in [0, 0.05) is 12.3 Å². The van der Waals surface area contributed by atoms with Crippen molar-refractivity contribution in [1.29, 1.82) is 0 Å². The van der Waals surface area contributed by atoms with E-state index in [1.807, 2.05) is 0 Å². The molecule has 2 N–H and O–H groups in total. The fourth-order valence-electron chi connectivity index (χ4n) is 4.63. The molecule has 2 saturated carbocycles. The van der Waals surface area contributed by atoms with Gasteiger partial charge in [0.25, 0.3) is 0 Å². The molecule has 5 heteroatoms. The normalized spacial score (nSPS) is 55.1. The third-order valence-corrected chi connectivity index (χ3v) is 6.22. The van der Waals surface area contributed by atoms with Gasteiger partial charge in [0.15, 0.2) is 0 Å². The fourth-order valence-corrected chi connectivity index (χ4v) is 4.63. The van der Waals surface area contributed by atoms with Crippen LogP contribution in [0.4, 0.5) is 0 Å². The molecule has 2 aliphatic carbocycles. The number of hydrogen-bond acceptors (Lipinski definition) is 5. The average Bonchev–Trinajstić information content (AvgIpc) is 2.77. The van der Waals surface area contributed by atoms with Crippen molar-refractivity contribution in [3.63, 3.8) is 0 Å². The summed E-state index contributed by atoms with van der Waals surface area (Å²) in [6.07, 6.45) is 0.770. The molecule has 20 heavy (non-hydrogen) atoms. The van der Waals surface area contributed by atoms with Crippen LogP contribution in [0.3, 0.4) is 0 Å². The van der Waals surface area contributed by atoms with E-state index in [-0.39, 0.29) is 36.4 Å². The topological polar surface area (TPSA) is 83.8 Å². The maximum atomic E-state index is 12.5. The zero-order chi connectivity index (χ0) is 14.9. The Balaban J connectivity index is 2.16. The minimum absolute atomic E-state index is 0.112. The highest BCUT2D eigenvalue weighted by atomic mass is 16.6. The molecule has 3 rings (SSSR count). The highest BCUT2D eigenvalue weighted by molar-refractivity contribution is 5.91. The zero-order valence-electron chi connectivity index (χ0n) is 12.2. The van der Waals surface area contributed by atoms with Gasteiger partial charge < -0.3 is 14.9 Å². The zero-order valence-corrected chi connectivity index (χ0v) is 12.2. The summed E-state index contributed by atoms with van der Waals surface area (Å²) >= 11 is 0. The van der Waals surface area contributed by atoms with Crippen LogP contribution in [0.2, 0.25) is 0 Å². The van der Waals surface area contributed by atoms with Crippen LogP contribution in [-0.2, 0) is 14.3 Å². The number of carbonyl (C=O) groups is 2. The molecule has 3 aliphatic rings. The van der Waals surface area contributed by atoms with Crippen LogP contribution >= 0.6 is 0 Å². The van der Waals surface area contributed by atoms with Crippen LogP contribution in [0.1, 0.15) is 46.5 Å². The summed E-state index contributed by atoms with van der Waals surface area (Å²) in [5.74, 6) is -0.817. The molecule has 0 aromatic carbocycles. The Morgan fingerprint density at radius 3 is 2.50 bits per heavy atom. The molecule has 0 aromatic heterocycles. The van der Waals surface area contributed by atoms with Crippen molar-refractivity contribution in [3.05, 3.63) is 0 Å². The molecule has 0 unspecified atom stereocenters. The largest absolute Gasteiger partial charge is 0.461 e. The molecule has 1 heterocycles. The van der Waals surface area contributed by atoms with Gasteiger partial charge in [-0.3, -0.25) is 9.59 Å². The number of hydrogen-bond donors (Lipinski definition) is 2. The molecule has 0 spiro atoms. The molecule has 0 aromatic rings. The van der Waals surface area contributed by atoms with Gasteiger partial charge in [0.1, 0.15) is 17.5 Å². The predicted octanol–water partition coefficient (Wildman–Crippen LogP) is 0.809. The first-order valence-corrected chi connectivity index (χ1v) is 7.34. The van der Waals surface area contributed by atoms with Crippen LogP contribution in [0.25, 0.3) is 0 Å². The van der Waals surface area contributed by atoms with Crippen LogP contribution in [0, 0.1) is 17.3 Å². The standard InChI is InChI=1S/C15H22O5/c1-8-9-4-6-13(2,18)15(19)7-5-10(16)14(15,3)11(9)20-12(8)17/h8-9,11,18-19H,4-7H2,1-3H3/t8-,9-,11+,13+,14-,15+/m0/s1. The summed E-state index contributed by atoms with van der Waals surface area (Å²) in [6, 6.07) is 0. The molecule has 5 nitrogen and oxygen atoms in total. The molecular formula is C15H22O5. The molecule has 112 valence electrons. The van der Waals surface area contributed by atoms with Crippen molar-refractivity contribution in [1.82, 2.24) is 0 Å². The van der Waals surface area contributed by atoms with Gasteiger partial charge in [-0.1, -0.05) is 6.92 Å². The van der Waals surface area contributed by atoms with Crippen LogP contribution in [0.5, 0.6) is 0 Å². The lowest BCUT2D eigenvalue weighted by Crippen LogP contribution is -2.63. The third kappa shape index (κ3) is 1.35. The summed E-state index contributed by atoms with van der Waals surface area (Å²) in [5, 5.41) is 21.8. The van der Waals surface area contributed by atoms with Crippen molar-refractivity contribution < 1.29 is 24.5 Å². The van der Waals surface area contributed by atoms with E-state index < -0.39 is 22.7 Å². The van der Waals surface area contributed by atoms with E-state index in [1.54, 1.807) is 20.8 Å². The monoisotopic (exact) mass is 282 g/mol. The van der Waals surface area contributed by atoms with E-state index in [4.69, 9.17) is 4.74 Å². The quantitative estimate of drug-likeness (QED) is 0.642. The van der Waals surface area contributed by atoms with Crippen LogP contribution in [-0.4, -0.2) is 39.3 Å². The van der Waals surface area contributed by atoms with E-state index >= 15 is 0 Å². The first-order chi connectivity index (χ1) is 9.15.